The van der Waals surface area contributed by atoms with Crippen molar-refractivity contribution in [3.8, 4) is 0 Å². The van der Waals surface area contributed by atoms with E-state index in [0.29, 0.717) is 0 Å². The van der Waals surface area contributed by atoms with Gasteiger partial charge in [-0.1, -0.05) is 0 Å². The molecule has 0 aliphatic heterocycles. The van der Waals surface area contributed by atoms with Gasteiger partial charge in [0.2, 0.25) is 5.91 Å². The van der Waals surface area contributed by atoms with Crippen molar-refractivity contribution >= 4 is 5.91 Å². The molecule has 0 heterocycles. The van der Waals surface area contributed by atoms with Crippen LogP contribution in [0.3, 0.4) is 0 Å². The van der Waals surface area contributed by atoms with Crippen molar-refractivity contribution in [1.82, 2.24) is 10.6 Å². The molecule has 5 N–H and O–H groups in total. The van der Waals surface area contributed by atoms with Gasteiger partial charge < -0.3 is 26.0 Å². The van der Waals surface area contributed by atoms with Crippen LogP contribution in [0.2, 0.25) is 0 Å². The van der Waals surface area contributed by atoms with Crippen molar-refractivity contribution < 1.29 is 20.1 Å². The molecular formula is C8H18N2O4. The first kappa shape index (κ1) is 13.3. The Morgan fingerprint density at radius 3 is 2.00 bits per heavy atom. The predicted octanol–water partition coefficient (Wildman–Crippen LogP) is -2.57. The van der Waals surface area contributed by atoms with E-state index in [9.17, 15) is 4.79 Å². The number of carbonyl (C=O) groups is 1. The normalized spacial score (nSPS) is 13.8. The van der Waals surface area contributed by atoms with E-state index in [2.05, 4.69) is 10.6 Å². The predicted molar refractivity (Wildman–Crippen MR) is 50.7 cm³/mol. The Balaban J connectivity index is 4.37. The molecule has 0 radical (unpaired) electrons. The van der Waals surface area contributed by atoms with E-state index < -0.39 is 31.4 Å². The van der Waals surface area contributed by atoms with E-state index in [1.807, 2.05) is 0 Å². The number of likely N-dealkylation sites (N-methyl/N-ethyl adjacent to an activating group) is 1. The van der Waals surface area contributed by atoms with Crippen LogP contribution in [0.1, 0.15) is 6.92 Å². The first-order valence-electron chi connectivity index (χ1n) is 4.37. The van der Waals surface area contributed by atoms with E-state index in [1.54, 1.807) is 14.0 Å². The Kier molecular flexibility index (Phi) is 5.63. The smallest absolute Gasteiger partial charge is 0.237 e. The van der Waals surface area contributed by atoms with Gasteiger partial charge in [-0.25, -0.2) is 0 Å². The van der Waals surface area contributed by atoms with E-state index in [-0.39, 0.29) is 5.91 Å². The molecule has 0 rings (SSSR count). The van der Waals surface area contributed by atoms with Gasteiger partial charge in [0.1, 0.15) is 5.54 Å². The summed E-state index contributed by atoms with van der Waals surface area (Å²) in [4.78, 5) is 11.4. The fourth-order valence-corrected chi connectivity index (χ4v) is 0.769. The first-order chi connectivity index (χ1) is 6.55. The molecule has 1 amide bonds. The molecule has 0 aliphatic rings. The van der Waals surface area contributed by atoms with Crippen molar-refractivity contribution in [1.29, 1.82) is 0 Å². The number of aliphatic hydroxyl groups is 3. The Hall–Kier alpha value is -0.690. The van der Waals surface area contributed by atoms with Crippen LogP contribution >= 0.6 is 0 Å². The molecule has 84 valence electrons. The van der Waals surface area contributed by atoms with Crippen LogP contribution in [0.4, 0.5) is 0 Å². The second-order valence-corrected chi connectivity index (χ2v) is 3.25. The number of rotatable bonds is 6. The van der Waals surface area contributed by atoms with Gasteiger partial charge in [0, 0.05) is 0 Å². The molecule has 1 unspecified atom stereocenters. The van der Waals surface area contributed by atoms with Crippen molar-refractivity contribution in [2.75, 3.05) is 26.9 Å². The summed E-state index contributed by atoms with van der Waals surface area (Å²) in [5.74, 6) is -0.385. The third kappa shape index (κ3) is 3.22. The highest BCUT2D eigenvalue weighted by Crippen LogP contribution is 2.01. The summed E-state index contributed by atoms with van der Waals surface area (Å²) in [5.41, 5.74) is -1.35. The average molecular weight is 206 g/mol. The maximum atomic E-state index is 11.4. The SMILES string of the molecule is CNC(C)C(=O)NC(CO)(CO)CO. The topological polar surface area (TPSA) is 102 Å². The van der Waals surface area contributed by atoms with E-state index >= 15 is 0 Å². The van der Waals surface area contributed by atoms with Gasteiger partial charge in [0.15, 0.2) is 0 Å². The van der Waals surface area contributed by atoms with Crippen LogP contribution in [0.25, 0.3) is 0 Å². The lowest BCUT2D eigenvalue weighted by Crippen LogP contribution is -2.60. The molecule has 6 heteroatoms. The minimum Gasteiger partial charge on any atom is -0.394 e. The summed E-state index contributed by atoms with van der Waals surface area (Å²) in [5, 5.41) is 31.9. The lowest BCUT2D eigenvalue weighted by atomic mass is 10.0. The molecule has 0 spiro atoms. The second-order valence-electron chi connectivity index (χ2n) is 3.25. The molecule has 0 saturated heterocycles. The molecular weight excluding hydrogens is 188 g/mol. The number of hydrogen-bond donors (Lipinski definition) is 5. The third-order valence-electron chi connectivity index (χ3n) is 2.12. The van der Waals surface area contributed by atoms with Crippen LogP contribution in [0.5, 0.6) is 0 Å². The van der Waals surface area contributed by atoms with Crippen LogP contribution in [-0.4, -0.2) is 59.7 Å². The van der Waals surface area contributed by atoms with Crippen LogP contribution < -0.4 is 10.6 Å². The summed E-state index contributed by atoms with van der Waals surface area (Å²) in [6.45, 7) is 0.0960. The fraction of sp³-hybridized carbons (Fsp3) is 0.875. The van der Waals surface area contributed by atoms with Crippen LogP contribution in [0.15, 0.2) is 0 Å². The number of nitrogens with one attached hydrogen (secondary N) is 2. The summed E-state index contributed by atoms with van der Waals surface area (Å²) < 4.78 is 0. The highest BCUT2D eigenvalue weighted by molar-refractivity contribution is 5.82. The van der Waals surface area contributed by atoms with E-state index in [1.165, 1.54) is 0 Å². The monoisotopic (exact) mass is 206 g/mol. The van der Waals surface area contributed by atoms with Crippen LogP contribution in [-0.2, 0) is 4.79 Å². The molecule has 0 aromatic heterocycles. The quantitative estimate of drug-likeness (QED) is 0.329. The summed E-state index contributed by atoms with van der Waals surface area (Å²) >= 11 is 0. The first-order valence-corrected chi connectivity index (χ1v) is 4.37. The van der Waals surface area contributed by atoms with Gasteiger partial charge in [-0.3, -0.25) is 4.79 Å². The number of amides is 1. The maximum Gasteiger partial charge on any atom is 0.237 e. The third-order valence-corrected chi connectivity index (χ3v) is 2.12. The van der Waals surface area contributed by atoms with Crippen molar-refractivity contribution in [2.45, 2.75) is 18.5 Å². The number of hydrogen-bond acceptors (Lipinski definition) is 5. The molecule has 0 fully saturated rings. The fourth-order valence-electron chi connectivity index (χ4n) is 0.769. The zero-order chi connectivity index (χ0) is 11.2. The largest absolute Gasteiger partial charge is 0.394 e. The lowest BCUT2D eigenvalue weighted by molar-refractivity contribution is -0.126. The summed E-state index contributed by atoms with van der Waals surface area (Å²) in [7, 11) is 1.61. The molecule has 6 nitrogen and oxygen atoms in total. The summed E-state index contributed by atoms with van der Waals surface area (Å²) in [6.07, 6.45) is 0. The molecule has 0 bridgehead atoms. The lowest BCUT2D eigenvalue weighted by Gasteiger charge is -2.29. The molecule has 0 aromatic carbocycles. The Morgan fingerprint density at radius 2 is 1.71 bits per heavy atom. The Morgan fingerprint density at radius 1 is 1.29 bits per heavy atom. The highest BCUT2D eigenvalue weighted by Gasteiger charge is 2.31. The minimum atomic E-state index is -1.35. The second kappa shape index (κ2) is 5.92. The minimum absolute atomic E-state index is 0.385. The van der Waals surface area contributed by atoms with E-state index in [0.717, 1.165) is 0 Å². The summed E-state index contributed by atoms with van der Waals surface area (Å²) in [6, 6.07) is -0.445. The number of carbonyl (C=O) groups excluding carboxylic acids is 1. The molecule has 0 saturated carbocycles. The molecule has 0 aromatic rings. The van der Waals surface area contributed by atoms with Gasteiger partial charge >= 0.3 is 0 Å². The standard InChI is InChI=1S/C8H18N2O4/c1-6(9-2)7(14)10-8(3-11,4-12)5-13/h6,9,11-13H,3-5H2,1-2H3,(H,10,14). The molecule has 0 aliphatic carbocycles. The molecule has 14 heavy (non-hydrogen) atoms. The number of aliphatic hydroxyl groups excluding tert-OH is 3. The average Bonchev–Trinajstić information content (AvgIpc) is 2.24. The van der Waals surface area contributed by atoms with Crippen LogP contribution in [0, 0.1) is 0 Å². The highest BCUT2D eigenvalue weighted by atomic mass is 16.3. The zero-order valence-electron chi connectivity index (χ0n) is 8.45. The van der Waals surface area contributed by atoms with Gasteiger partial charge in [0.05, 0.1) is 25.9 Å². The van der Waals surface area contributed by atoms with Crippen molar-refractivity contribution in [2.24, 2.45) is 0 Å². The molecule has 1 atom stereocenters. The van der Waals surface area contributed by atoms with Crippen molar-refractivity contribution in [3.05, 3.63) is 0 Å². The van der Waals surface area contributed by atoms with Crippen molar-refractivity contribution in [3.63, 3.8) is 0 Å². The zero-order valence-corrected chi connectivity index (χ0v) is 8.45. The van der Waals surface area contributed by atoms with E-state index in [4.69, 9.17) is 15.3 Å². The Bertz CT molecular complexity index is 174. The van der Waals surface area contributed by atoms with Gasteiger partial charge in [-0.15, -0.1) is 0 Å². The maximum absolute atomic E-state index is 11.4. The Labute approximate surface area is 82.9 Å². The van der Waals surface area contributed by atoms with Gasteiger partial charge in [-0.2, -0.15) is 0 Å². The van der Waals surface area contributed by atoms with Gasteiger partial charge in [0.25, 0.3) is 0 Å². The van der Waals surface area contributed by atoms with Gasteiger partial charge in [-0.05, 0) is 14.0 Å².